The van der Waals surface area contributed by atoms with Gasteiger partial charge in [0.05, 0.1) is 0 Å². The predicted octanol–water partition coefficient (Wildman–Crippen LogP) is 1.02. The van der Waals surface area contributed by atoms with E-state index in [0.29, 0.717) is 12.2 Å². The molecule has 1 aromatic heterocycles. The van der Waals surface area contributed by atoms with Crippen molar-refractivity contribution in [1.82, 2.24) is 4.98 Å². The molecule has 0 amide bonds. The van der Waals surface area contributed by atoms with E-state index < -0.39 is 0 Å². The molecule has 62 valence electrons. The van der Waals surface area contributed by atoms with Gasteiger partial charge in [0.25, 0.3) is 0 Å². The summed E-state index contributed by atoms with van der Waals surface area (Å²) < 4.78 is 0. The maximum absolute atomic E-state index is 8.71. The Morgan fingerprint density at radius 1 is 1.75 bits per heavy atom. The van der Waals surface area contributed by atoms with Crippen LogP contribution in [0.2, 0.25) is 0 Å². The number of hydrogen-bond acceptors (Lipinski definition) is 3. The first-order valence-corrected chi connectivity index (χ1v) is 3.84. The average Bonchev–Trinajstić information content (AvgIpc) is 2.16. The molecule has 0 saturated heterocycles. The summed E-state index contributed by atoms with van der Waals surface area (Å²) in [6.45, 7) is 2.53. The zero-order chi connectivity index (χ0) is 8.97. The van der Waals surface area contributed by atoms with E-state index in [1.54, 1.807) is 6.20 Å². The molecular formula is C9H11N3. The lowest BCUT2D eigenvalue weighted by atomic mass is 10.0. The molecule has 1 heterocycles. The molecule has 0 aromatic carbocycles. The highest BCUT2D eigenvalue weighted by atomic mass is 14.7. The minimum absolute atomic E-state index is 0.202. The van der Waals surface area contributed by atoms with Gasteiger partial charge in [0.15, 0.2) is 0 Å². The minimum atomic E-state index is 0.202. The molecule has 0 aliphatic heterocycles. The van der Waals surface area contributed by atoms with Gasteiger partial charge < -0.3 is 5.73 Å². The molecule has 0 saturated carbocycles. The molecule has 0 bridgehead atoms. The maximum atomic E-state index is 8.71. The Balaban J connectivity index is 3.07. The topological polar surface area (TPSA) is 62.7 Å². The van der Waals surface area contributed by atoms with Gasteiger partial charge in [0.1, 0.15) is 11.8 Å². The fourth-order valence-corrected chi connectivity index (χ4v) is 1.04. The van der Waals surface area contributed by atoms with Crippen molar-refractivity contribution in [3.63, 3.8) is 0 Å². The lowest BCUT2D eigenvalue weighted by molar-refractivity contribution is 0.766. The Hall–Kier alpha value is -1.40. The number of nitrogens with two attached hydrogens (primary N) is 1. The van der Waals surface area contributed by atoms with E-state index in [0.717, 1.165) is 5.56 Å². The summed E-state index contributed by atoms with van der Waals surface area (Å²) in [4.78, 5) is 3.95. The van der Waals surface area contributed by atoms with Crippen LogP contribution in [-0.4, -0.2) is 11.5 Å². The van der Waals surface area contributed by atoms with Gasteiger partial charge in [0, 0.05) is 6.20 Å². The summed E-state index contributed by atoms with van der Waals surface area (Å²) in [6.07, 6.45) is 1.62. The highest BCUT2D eigenvalue weighted by molar-refractivity contribution is 5.33. The molecule has 3 nitrogen and oxygen atoms in total. The van der Waals surface area contributed by atoms with Crippen molar-refractivity contribution in [2.75, 3.05) is 6.54 Å². The molecule has 1 unspecified atom stereocenters. The third kappa shape index (κ3) is 1.60. The summed E-state index contributed by atoms with van der Waals surface area (Å²) in [5.41, 5.74) is 6.91. The van der Waals surface area contributed by atoms with Gasteiger partial charge in [-0.1, -0.05) is 13.0 Å². The van der Waals surface area contributed by atoms with Gasteiger partial charge in [0.2, 0.25) is 0 Å². The molecule has 1 atom stereocenters. The van der Waals surface area contributed by atoms with Gasteiger partial charge in [-0.25, -0.2) is 4.98 Å². The first kappa shape index (κ1) is 8.69. The van der Waals surface area contributed by atoms with E-state index in [4.69, 9.17) is 11.0 Å². The zero-order valence-corrected chi connectivity index (χ0v) is 6.99. The first-order valence-electron chi connectivity index (χ1n) is 3.84. The Morgan fingerprint density at radius 2 is 2.50 bits per heavy atom. The zero-order valence-electron chi connectivity index (χ0n) is 6.99. The van der Waals surface area contributed by atoms with Crippen LogP contribution in [-0.2, 0) is 0 Å². The third-order valence-corrected chi connectivity index (χ3v) is 1.83. The Kier molecular flexibility index (Phi) is 2.78. The largest absolute Gasteiger partial charge is 0.330 e. The van der Waals surface area contributed by atoms with Crippen LogP contribution >= 0.6 is 0 Å². The van der Waals surface area contributed by atoms with Crippen molar-refractivity contribution in [3.05, 3.63) is 29.6 Å². The molecule has 1 rings (SSSR count). The molecule has 0 radical (unpaired) electrons. The highest BCUT2D eigenvalue weighted by Crippen LogP contribution is 2.15. The van der Waals surface area contributed by atoms with Crippen LogP contribution in [0.3, 0.4) is 0 Å². The lowest BCUT2D eigenvalue weighted by Crippen LogP contribution is -2.10. The fourth-order valence-electron chi connectivity index (χ4n) is 1.04. The van der Waals surface area contributed by atoms with Gasteiger partial charge in [-0.3, -0.25) is 0 Å². The smallest absolute Gasteiger partial charge is 0.143 e. The Morgan fingerprint density at radius 3 is 3.08 bits per heavy atom. The van der Waals surface area contributed by atoms with Crippen molar-refractivity contribution in [2.45, 2.75) is 12.8 Å². The molecular weight excluding hydrogens is 150 g/mol. The van der Waals surface area contributed by atoms with Crippen molar-refractivity contribution < 1.29 is 0 Å². The van der Waals surface area contributed by atoms with E-state index in [1.165, 1.54) is 0 Å². The van der Waals surface area contributed by atoms with Gasteiger partial charge in [-0.15, -0.1) is 0 Å². The van der Waals surface area contributed by atoms with Crippen LogP contribution in [0, 0.1) is 11.3 Å². The van der Waals surface area contributed by atoms with Crippen molar-refractivity contribution in [3.8, 4) is 6.07 Å². The van der Waals surface area contributed by atoms with Gasteiger partial charge >= 0.3 is 0 Å². The summed E-state index contributed by atoms with van der Waals surface area (Å²) in [5.74, 6) is 0.202. The van der Waals surface area contributed by atoms with Crippen LogP contribution in [0.15, 0.2) is 18.3 Å². The second-order valence-electron chi connectivity index (χ2n) is 2.69. The molecule has 0 aliphatic rings. The van der Waals surface area contributed by atoms with E-state index >= 15 is 0 Å². The lowest BCUT2D eigenvalue weighted by Gasteiger charge is -2.08. The molecule has 3 heteroatoms. The van der Waals surface area contributed by atoms with Crippen LogP contribution in [0.4, 0.5) is 0 Å². The van der Waals surface area contributed by atoms with E-state index in [9.17, 15) is 0 Å². The summed E-state index contributed by atoms with van der Waals surface area (Å²) in [7, 11) is 0. The Bertz CT molecular complexity index is 301. The summed E-state index contributed by atoms with van der Waals surface area (Å²) in [6, 6.07) is 5.76. The molecule has 1 aromatic rings. The SMILES string of the molecule is CC(CN)c1cccnc1C#N. The molecule has 0 fully saturated rings. The van der Waals surface area contributed by atoms with Crippen LogP contribution in [0.25, 0.3) is 0 Å². The maximum Gasteiger partial charge on any atom is 0.143 e. The van der Waals surface area contributed by atoms with Gasteiger partial charge in [-0.2, -0.15) is 5.26 Å². The molecule has 12 heavy (non-hydrogen) atoms. The van der Waals surface area contributed by atoms with Crippen molar-refractivity contribution in [2.24, 2.45) is 5.73 Å². The molecule has 2 N–H and O–H groups in total. The van der Waals surface area contributed by atoms with Gasteiger partial charge in [-0.05, 0) is 24.1 Å². The predicted molar refractivity (Wildman–Crippen MR) is 46.4 cm³/mol. The van der Waals surface area contributed by atoms with Crippen molar-refractivity contribution in [1.29, 1.82) is 5.26 Å². The van der Waals surface area contributed by atoms with E-state index in [1.807, 2.05) is 25.1 Å². The normalized spacial score (nSPS) is 12.1. The van der Waals surface area contributed by atoms with Crippen LogP contribution < -0.4 is 5.73 Å². The summed E-state index contributed by atoms with van der Waals surface area (Å²) >= 11 is 0. The standard InChI is InChI=1S/C9H11N3/c1-7(5-10)8-3-2-4-12-9(8)6-11/h2-4,7H,5,10H2,1H3. The minimum Gasteiger partial charge on any atom is -0.330 e. The highest BCUT2D eigenvalue weighted by Gasteiger charge is 2.08. The van der Waals surface area contributed by atoms with E-state index in [2.05, 4.69) is 4.98 Å². The van der Waals surface area contributed by atoms with Crippen molar-refractivity contribution >= 4 is 0 Å². The number of pyridine rings is 1. The third-order valence-electron chi connectivity index (χ3n) is 1.83. The molecule has 0 aliphatic carbocycles. The number of aromatic nitrogens is 1. The number of hydrogen-bond donors (Lipinski definition) is 1. The first-order chi connectivity index (χ1) is 5.79. The Labute approximate surface area is 71.8 Å². The monoisotopic (exact) mass is 161 g/mol. The number of nitrogens with zero attached hydrogens (tertiary/aromatic N) is 2. The fraction of sp³-hybridized carbons (Fsp3) is 0.333. The van der Waals surface area contributed by atoms with Crippen LogP contribution in [0.5, 0.6) is 0 Å². The van der Waals surface area contributed by atoms with Crippen LogP contribution in [0.1, 0.15) is 24.1 Å². The second-order valence-corrected chi connectivity index (χ2v) is 2.69. The van der Waals surface area contributed by atoms with E-state index in [-0.39, 0.29) is 5.92 Å². The second kappa shape index (κ2) is 3.84. The number of nitriles is 1. The molecule has 0 spiro atoms. The number of rotatable bonds is 2. The quantitative estimate of drug-likeness (QED) is 0.704. The average molecular weight is 161 g/mol. The summed E-state index contributed by atoms with van der Waals surface area (Å²) in [5, 5.41) is 8.71.